The highest BCUT2D eigenvalue weighted by Crippen LogP contribution is 2.20. The highest BCUT2D eigenvalue weighted by Gasteiger charge is 2.20. The van der Waals surface area contributed by atoms with Gasteiger partial charge in [-0.05, 0) is 6.08 Å². The van der Waals surface area contributed by atoms with Crippen molar-refractivity contribution in [1.29, 1.82) is 5.41 Å². The van der Waals surface area contributed by atoms with Gasteiger partial charge < -0.3 is 5.41 Å². The van der Waals surface area contributed by atoms with Crippen LogP contribution in [-0.4, -0.2) is 5.71 Å². The molecule has 1 N–H and O–H groups in total. The molecule has 0 aromatic carbocycles. The van der Waals surface area contributed by atoms with E-state index in [-0.39, 0.29) is 5.92 Å². The van der Waals surface area contributed by atoms with Gasteiger partial charge in [-0.25, -0.2) is 0 Å². The average Bonchev–Trinajstić information content (AvgIpc) is 2.20. The number of hydrogen-bond acceptors (Lipinski definition) is 1. The predicted molar refractivity (Wildman–Crippen MR) is 54.5 cm³/mol. The zero-order valence-electron chi connectivity index (χ0n) is 7.20. The summed E-state index contributed by atoms with van der Waals surface area (Å²) in [6, 6.07) is 0. The lowest BCUT2D eigenvalue weighted by molar-refractivity contribution is 1.03. The van der Waals surface area contributed by atoms with Gasteiger partial charge in [-0.2, -0.15) is 0 Å². The van der Waals surface area contributed by atoms with Crippen LogP contribution in [0.25, 0.3) is 0 Å². The third-order valence-corrected chi connectivity index (χ3v) is 2.09. The Bertz CT molecular complexity index is 365. The number of allylic oxidation sites excluding steroid dienone is 10. The Kier molecular flexibility index (Phi) is 2.03. The van der Waals surface area contributed by atoms with E-state index in [0.29, 0.717) is 5.71 Å². The molecule has 0 spiro atoms. The van der Waals surface area contributed by atoms with Gasteiger partial charge in [-0.1, -0.05) is 18.2 Å². The lowest BCUT2D eigenvalue weighted by Crippen LogP contribution is -2.13. The topological polar surface area (TPSA) is 23.9 Å². The zero-order chi connectivity index (χ0) is 9.10. The second kappa shape index (κ2) is 3.34. The van der Waals surface area contributed by atoms with Gasteiger partial charge in [0.2, 0.25) is 0 Å². The van der Waals surface area contributed by atoms with E-state index in [2.05, 4.69) is 6.08 Å². The van der Waals surface area contributed by atoms with Crippen molar-refractivity contribution in [2.75, 3.05) is 0 Å². The minimum absolute atomic E-state index is 0.0891. The first kappa shape index (κ1) is 7.90. The number of hydrogen-bond donors (Lipinski definition) is 1. The Morgan fingerprint density at radius 3 is 2.77 bits per heavy atom. The van der Waals surface area contributed by atoms with Crippen molar-refractivity contribution in [3.8, 4) is 0 Å². The smallest absolute Gasteiger partial charge is 0.128 e. The van der Waals surface area contributed by atoms with Crippen molar-refractivity contribution < 1.29 is 0 Å². The SMILES string of the molecule is N=C1C=CC=CC1C1=CC=CC=[C+]1. The summed E-state index contributed by atoms with van der Waals surface area (Å²) >= 11 is 0. The van der Waals surface area contributed by atoms with E-state index in [4.69, 9.17) is 5.41 Å². The van der Waals surface area contributed by atoms with Gasteiger partial charge >= 0.3 is 0 Å². The molecule has 62 valence electrons. The van der Waals surface area contributed by atoms with E-state index in [1.807, 2.05) is 48.6 Å². The van der Waals surface area contributed by atoms with Crippen LogP contribution in [-0.2, 0) is 0 Å². The minimum Gasteiger partial charge on any atom is -0.304 e. The highest BCUT2D eigenvalue weighted by molar-refractivity contribution is 5.99. The van der Waals surface area contributed by atoms with Crippen LogP contribution in [0, 0.1) is 17.4 Å². The van der Waals surface area contributed by atoms with Crippen molar-refractivity contribution in [3.63, 3.8) is 0 Å². The largest absolute Gasteiger partial charge is 0.304 e. The summed E-state index contributed by atoms with van der Waals surface area (Å²) in [6.45, 7) is 0. The molecule has 1 heteroatoms. The maximum atomic E-state index is 7.73. The molecule has 0 aromatic rings. The molecule has 13 heavy (non-hydrogen) atoms. The molecule has 0 saturated carbocycles. The summed E-state index contributed by atoms with van der Waals surface area (Å²) in [4.78, 5) is 0. The van der Waals surface area contributed by atoms with E-state index in [0.717, 1.165) is 5.57 Å². The monoisotopic (exact) mass is 168 g/mol. The van der Waals surface area contributed by atoms with Crippen molar-refractivity contribution in [2.45, 2.75) is 0 Å². The quantitative estimate of drug-likeness (QED) is 0.582. The van der Waals surface area contributed by atoms with Gasteiger partial charge in [0, 0.05) is 23.9 Å². The van der Waals surface area contributed by atoms with E-state index >= 15 is 0 Å². The fourth-order valence-corrected chi connectivity index (χ4v) is 1.41. The zero-order valence-corrected chi connectivity index (χ0v) is 7.20. The number of nitrogens with one attached hydrogen (secondary N) is 1. The normalized spacial score (nSPS) is 24.5. The molecule has 2 aliphatic rings. The maximum absolute atomic E-state index is 7.73. The number of rotatable bonds is 1. The van der Waals surface area contributed by atoms with Gasteiger partial charge in [0.15, 0.2) is 0 Å². The fourth-order valence-electron chi connectivity index (χ4n) is 1.41. The summed E-state index contributed by atoms with van der Waals surface area (Å²) in [5, 5.41) is 7.73. The molecule has 1 atom stereocenters. The summed E-state index contributed by atoms with van der Waals surface area (Å²) < 4.78 is 0. The molecule has 0 fully saturated rings. The molecular formula is C12H10N+. The molecule has 2 aliphatic carbocycles. The van der Waals surface area contributed by atoms with Crippen molar-refractivity contribution in [3.05, 3.63) is 60.3 Å². The first-order valence-corrected chi connectivity index (χ1v) is 4.28. The van der Waals surface area contributed by atoms with Gasteiger partial charge in [-0.3, -0.25) is 0 Å². The van der Waals surface area contributed by atoms with Gasteiger partial charge in [0.25, 0.3) is 0 Å². The molecule has 0 aromatic heterocycles. The molecule has 0 saturated heterocycles. The van der Waals surface area contributed by atoms with Crippen LogP contribution < -0.4 is 0 Å². The molecule has 2 rings (SSSR count). The molecule has 0 amide bonds. The first-order chi connectivity index (χ1) is 6.38. The van der Waals surface area contributed by atoms with Crippen LogP contribution in [0.5, 0.6) is 0 Å². The summed E-state index contributed by atoms with van der Waals surface area (Å²) in [5.41, 5.74) is 1.69. The lowest BCUT2D eigenvalue weighted by atomic mass is 9.89. The molecule has 1 nitrogen and oxygen atoms in total. The second-order valence-corrected chi connectivity index (χ2v) is 2.99. The molecule has 0 heterocycles. The average molecular weight is 168 g/mol. The van der Waals surface area contributed by atoms with Gasteiger partial charge in [0.05, 0.1) is 12.0 Å². The Morgan fingerprint density at radius 1 is 1.15 bits per heavy atom. The van der Waals surface area contributed by atoms with E-state index in [1.165, 1.54) is 0 Å². The van der Waals surface area contributed by atoms with Crippen LogP contribution in [0.3, 0.4) is 0 Å². The lowest BCUT2D eigenvalue weighted by Gasteiger charge is -2.10. The van der Waals surface area contributed by atoms with Crippen LogP contribution in [0.15, 0.2) is 54.2 Å². The Labute approximate surface area is 78.0 Å². The van der Waals surface area contributed by atoms with Crippen LogP contribution in [0.1, 0.15) is 0 Å². The van der Waals surface area contributed by atoms with Gasteiger partial charge in [-0.15, -0.1) is 0 Å². The molecule has 0 bridgehead atoms. The van der Waals surface area contributed by atoms with E-state index < -0.39 is 0 Å². The van der Waals surface area contributed by atoms with Gasteiger partial charge in [0.1, 0.15) is 11.6 Å². The summed E-state index contributed by atoms with van der Waals surface area (Å²) in [7, 11) is 0. The Morgan fingerprint density at radius 2 is 2.08 bits per heavy atom. The Hall–Kier alpha value is -1.72. The van der Waals surface area contributed by atoms with Crippen molar-refractivity contribution in [1.82, 2.24) is 0 Å². The third kappa shape index (κ3) is 1.56. The summed E-state index contributed by atoms with van der Waals surface area (Å²) in [5.74, 6) is 0.0891. The fraction of sp³-hybridized carbons (Fsp3) is 0.0833. The van der Waals surface area contributed by atoms with E-state index in [9.17, 15) is 0 Å². The van der Waals surface area contributed by atoms with Crippen molar-refractivity contribution in [2.24, 2.45) is 5.92 Å². The molecular weight excluding hydrogens is 158 g/mol. The summed E-state index contributed by atoms with van der Waals surface area (Å²) in [6.07, 6.45) is 18.7. The standard InChI is InChI=1S/C12H10N/c13-12-9-5-4-8-11(12)10-6-2-1-3-7-10/h1-6,8-9,11,13H/q+1. The predicted octanol–water partition coefficient (Wildman–Crippen LogP) is 2.60. The first-order valence-electron chi connectivity index (χ1n) is 4.28. The molecule has 0 aliphatic heterocycles. The maximum Gasteiger partial charge on any atom is 0.128 e. The highest BCUT2D eigenvalue weighted by atomic mass is 14.4. The van der Waals surface area contributed by atoms with Crippen molar-refractivity contribution >= 4 is 5.71 Å². The molecule has 0 radical (unpaired) electrons. The van der Waals surface area contributed by atoms with Crippen LogP contribution in [0.4, 0.5) is 0 Å². The Balaban J connectivity index is 2.27. The van der Waals surface area contributed by atoms with Crippen LogP contribution in [0.2, 0.25) is 0 Å². The molecule has 1 unspecified atom stereocenters. The van der Waals surface area contributed by atoms with Crippen LogP contribution >= 0.6 is 0 Å². The van der Waals surface area contributed by atoms with E-state index in [1.54, 1.807) is 0 Å². The third-order valence-electron chi connectivity index (χ3n) is 2.09. The second-order valence-electron chi connectivity index (χ2n) is 2.99. The minimum atomic E-state index is 0.0891.